The van der Waals surface area contributed by atoms with Crippen LogP contribution in [0.1, 0.15) is 49.4 Å². The highest BCUT2D eigenvalue weighted by Gasteiger charge is 2.47. The number of amides is 1. The second-order valence-electron chi connectivity index (χ2n) is 8.77. The molecule has 4 rings (SSSR count). The van der Waals surface area contributed by atoms with Gasteiger partial charge in [-0.15, -0.1) is 0 Å². The Bertz CT molecular complexity index is 1330. The number of aliphatic hydroxyl groups excluding tert-OH is 1. The summed E-state index contributed by atoms with van der Waals surface area (Å²) in [4.78, 5) is 28.3. The number of aliphatic hydroxyl groups is 1. The molecule has 1 atom stereocenters. The lowest BCUT2D eigenvalue weighted by molar-refractivity contribution is -0.132. The molecule has 1 N–H and O–H groups in total. The quantitative estimate of drug-likeness (QED) is 0.225. The number of benzene rings is 3. The van der Waals surface area contributed by atoms with Crippen molar-refractivity contribution < 1.29 is 24.2 Å². The summed E-state index contributed by atoms with van der Waals surface area (Å²) in [5.41, 5.74) is 2.47. The fourth-order valence-corrected chi connectivity index (χ4v) is 4.55. The van der Waals surface area contributed by atoms with Crippen molar-refractivity contribution in [3.63, 3.8) is 0 Å². The highest BCUT2D eigenvalue weighted by Crippen LogP contribution is 2.44. The minimum Gasteiger partial charge on any atom is -0.507 e. The van der Waals surface area contributed by atoms with Gasteiger partial charge in [0.25, 0.3) is 11.7 Å². The van der Waals surface area contributed by atoms with E-state index in [0.29, 0.717) is 40.3 Å². The third kappa shape index (κ3) is 4.69. The number of ketones is 1. The van der Waals surface area contributed by atoms with Gasteiger partial charge in [0.05, 0.1) is 30.9 Å². The fourth-order valence-electron chi connectivity index (χ4n) is 4.38. The molecule has 0 bridgehead atoms. The van der Waals surface area contributed by atoms with Gasteiger partial charge >= 0.3 is 0 Å². The third-order valence-corrected chi connectivity index (χ3v) is 6.42. The summed E-state index contributed by atoms with van der Waals surface area (Å²) in [7, 11) is 1.46. The molecule has 1 amide bonds. The van der Waals surface area contributed by atoms with E-state index in [4.69, 9.17) is 21.1 Å². The molecule has 1 unspecified atom stereocenters. The highest BCUT2D eigenvalue weighted by molar-refractivity contribution is 6.51. The summed E-state index contributed by atoms with van der Waals surface area (Å²) in [6, 6.07) is 18.6. The van der Waals surface area contributed by atoms with Crippen LogP contribution in [0.2, 0.25) is 5.02 Å². The second kappa shape index (κ2) is 10.5. The van der Waals surface area contributed by atoms with Crippen molar-refractivity contribution in [2.24, 2.45) is 0 Å². The topological polar surface area (TPSA) is 76.1 Å². The molecule has 36 heavy (non-hydrogen) atoms. The Hall–Kier alpha value is -3.77. The number of hydrogen-bond acceptors (Lipinski definition) is 5. The van der Waals surface area contributed by atoms with Gasteiger partial charge in [-0.25, -0.2) is 0 Å². The lowest BCUT2D eigenvalue weighted by atomic mass is 9.93. The first kappa shape index (κ1) is 25.3. The standard InChI is InChI=1S/C29H28ClNO5/c1-5-36-22-8-6-7-21(16-22)31-26(19-11-9-18(10-12-19)17(2)3)25(28(33)29(31)34)27(32)23-15-20(30)13-14-24(23)35-4/h6-17,26,32H,5H2,1-4H3/b27-25+. The van der Waals surface area contributed by atoms with Crippen LogP contribution in [0.3, 0.4) is 0 Å². The van der Waals surface area contributed by atoms with E-state index in [2.05, 4.69) is 13.8 Å². The maximum atomic E-state index is 13.4. The Balaban J connectivity index is 1.96. The molecule has 0 radical (unpaired) electrons. The molecule has 186 valence electrons. The van der Waals surface area contributed by atoms with Gasteiger partial charge in [0.2, 0.25) is 0 Å². The molecule has 6 nitrogen and oxygen atoms in total. The van der Waals surface area contributed by atoms with Crippen LogP contribution < -0.4 is 14.4 Å². The van der Waals surface area contributed by atoms with Crippen molar-refractivity contribution in [2.45, 2.75) is 32.7 Å². The largest absolute Gasteiger partial charge is 0.507 e. The molecule has 0 spiro atoms. The number of anilines is 1. The van der Waals surface area contributed by atoms with Gasteiger partial charge in [0.1, 0.15) is 17.3 Å². The minimum absolute atomic E-state index is 0.0420. The van der Waals surface area contributed by atoms with Crippen molar-refractivity contribution in [3.8, 4) is 11.5 Å². The number of carbonyl (C=O) groups is 2. The Labute approximate surface area is 215 Å². The van der Waals surface area contributed by atoms with Crippen LogP contribution >= 0.6 is 11.6 Å². The average Bonchev–Trinajstić information content (AvgIpc) is 3.14. The number of hydrogen-bond donors (Lipinski definition) is 1. The molecule has 0 aliphatic carbocycles. The Morgan fingerprint density at radius 3 is 2.42 bits per heavy atom. The summed E-state index contributed by atoms with van der Waals surface area (Å²) in [5, 5.41) is 11.8. The number of methoxy groups -OCH3 is 1. The van der Waals surface area contributed by atoms with Crippen molar-refractivity contribution >= 4 is 34.7 Å². The molecular weight excluding hydrogens is 478 g/mol. The van der Waals surface area contributed by atoms with E-state index in [1.807, 2.05) is 31.2 Å². The third-order valence-electron chi connectivity index (χ3n) is 6.19. The van der Waals surface area contributed by atoms with Gasteiger partial charge in [-0.1, -0.05) is 55.8 Å². The summed E-state index contributed by atoms with van der Waals surface area (Å²) in [6.07, 6.45) is 0. The molecule has 1 heterocycles. The van der Waals surface area contributed by atoms with E-state index in [1.54, 1.807) is 36.4 Å². The Morgan fingerprint density at radius 1 is 1.06 bits per heavy atom. The lowest BCUT2D eigenvalue weighted by Crippen LogP contribution is -2.29. The van der Waals surface area contributed by atoms with Gasteiger partial charge in [-0.2, -0.15) is 0 Å². The molecule has 1 aliphatic heterocycles. The molecule has 0 aromatic heterocycles. The summed E-state index contributed by atoms with van der Waals surface area (Å²) in [6.45, 7) is 6.50. The SMILES string of the molecule is CCOc1cccc(N2C(=O)C(=O)/C(=C(/O)c3cc(Cl)ccc3OC)C2c2ccc(C(C)C)cc2)c1. The van der Waals surface area contributed by atoms with Gasteiger partial charge in [-0.3, -0.25) is 14.5 Å². The molecule has 1 aliphatic rings. The van der Waals surface area contributed by atoms with E-state index in [0.717, 1.165) is 5.56 Å². The summed E-state index contributed by atoms with van der Waals surface area (Å²) < 4.78 is 11.0. The normalized spacial score (nSPS) is 17.1. The van der Waals surface area contributed by atoms with Crippen molar-refractivity contribution in [1.82, 2.24) is 0 Å². The predicted molar refractivity (Wildman–Crippen MR) is 141 cm³/mol. The number of halogens is 1. The van der Waals surface area contributed by atoms with E-state index in [1.165, 1.54) is 18.1 Å². The van der Waals surface area contributed by atoms with Crippen LogP contribution in [0.5, 0.6) is 11.5 Å². The van der Waals surface area contributed by atoms with Crippen LogP contribution in [-0.2, 0) is 9.59 Å². The molecule has 3 aromatic rings. The average molecular weight is 506 g/mol. The Kier molecular flexibility index (Phi) is 7.36. The van der Waals surface area contributed by atoms with Gasteiger partial charge in [0.15, 0.2) is 0 Å². The van der Waals surface area contributed by atoms with Crippen molar-refractivity contribution in [3.05, 3.63) is 94.0 Å². The fraction of sp³-hybridized carbons (Fsp3) is 0.241. The first-order valence-electron chi connectivity index (χ1n) is 11.7. The zero-order valence-corrected chi connectivity index (χ0v) is 21.4. The minimum atomic E-state index is -0.869. The van der Waals surface area contributed by atoms with Crippen LogP contribution in [0.25, 0.3) is 5.76 Å². The molecule has 7 heteroatoms. The van der Waals surface area contributed by atoms with Crippen molar-refractivity contribution in [2.75, 3.05) is 18.6 Å². The molecule has 0 saturated carbocycles. The number of ether oxygens (including phenoxy) is 2. The lowest BCUT2D eigenvalue weighted by Gasteiger charge is -2.26. The maximum Gasteiger partial charge on any atom is 0.300 e. The Morgan fingerprint density at radius 2 is 1.78 bits per heavy atom. The molecule has 3 aromatic carbocycles. The molecular formula is C29H28ClNO5. The van der Waals surface area contributed by atoms with E-state index in [9.17, 15) is 14.7 Å². The second-order valence-corrected chi connectivity index (χ2v) is 9.20. The molecule has 1 fully saturated rings. The number of rotatable bonds is 7. The molecule has 1 saturated heterocycles. The monoisotopic (exact) mass is 505 g/mol. The summed E-state index contributed by atoms with van der Waals surface area (Å²) in [5.74, 6) is -0.686. The van der Waals surface area contributed by atoms with E-state index in [-0.39, 0.29) is 16.9 Å². The number of Topliss-reactive ketones (excluding diaryl/α,β-unsaturated/α-hetero) is 1. The van der Waals surface area contributed by atoms with Crippen molar-refractivity contribution in [1.29, 1.82) is 0 Å². The number of carbonyl (C=O) groups excluding carboxylic acids is 2. The van der Waals surface area contributed by atoms with Crippen LogP contribution in [0.15, 0.2) is 72.3 Å². The first-order valence-corrected chi connectivity index (χ1v) is 12.1. The maximum absolute atomic E-state index is 13.4. The van der Waals surface area contributed by atoms with Gasteiger partial charge in [-0.05, 0) is 54.3 Å². The van der Waals surface area contributed by atoms with Crippen LogP contribution in [0.4, 0.5) is 5.69 Å². The van der Waals surface area contributed by atoms with E-state index >= 15 is 0 Å². The zero-order valence-electron chi connectivity index (χ0n) is 20.6. The van der Waals surface area contributed by atoms with Gasteiger partial charge < -0.3 is 14.6 Å². The summed E-state index contributed by atoms with van der Waals surface area (Å²) >= 11 is 6.20. The first-order chi connectivity index (χ1) is 17.3. The van der Waals surface area contributed by atoms with Crippen LogP contribution in [0, 0.1) is 0 Å². The van der Waals surface area contributed by atoms with Crippen LogP contribution in [-0.4, -0.2) is 30.5 Å². The number of nitrogens with zero attached hydrogens (tertiary/aromatic N) is 1. The van der Waals surface area contributed by atoms with E-state index < -0.39 is 17.7 Å². The predicted octanol–water partition coefficient (Wildman–Crippen LogP) is 6.50. The van der Waals surface area contributed by atoms with Gasteiger partial charge in [0, 0.05) is 16.8 Å². The highest BCUT2D eigenvalue weighted by atomic mass is 35.5. The zero-order chi connectivity index (χ0) is 26.0. The smallest absolute Gasteiger partial charge is 0.300 e.